The molecule has 1 aliphatic carbocycles. The number of carbonyl (C=O) groups is 2. The Kier molecular flexibility index (Phi) is 7.60. The van der Waals surface area contributed by atoms with Gasteiger partial charge >= 0.3 is 0 Å². The minimum Gasteiger partial charge on any atom is -0.495 e. The summed E-state index contributed by atoms with van der Waals surface area (Å²) in [5, 5.41) is 3.79. The number of amides is 2. The van der Waals surface area contributed by atoms with Crippen molar-refractivity contribution in [1.82, 2.24) is 10.2 Å². The fourth-order valence-electron chi connectivity index (χ4n) is 4.23. The number of hydrogen-bond acceptors (Lipinski definition) is 3. The lowest BCUT2D eigenvalue weighted by Gasteiger charge is -2.33. The molecule has 1 aromatic carbocycles. The molecule has 0 radical (unpaired) electrons. The second-order valence-electron chi connectivity index (χ2n) is 7.97. The molecule has 1 saturated carbocycles. The Morgan fingerprint density at radius 3 is 2.50 bits per heavy atom. The smallest absolute Gasteiger partial charge is 0.223 e. The Hall–Kier alpha value is -1.75. The Labute approximate surface area is 172 Å². The normalized spacial score (nSPS) is 18.7. The zero-order valence-corrected chi connectivity index (χ0v) is 17.5. The number of likely N-dealkylation sites (tertiary alicyclic amines) is 1. The molecular formula is C22H31ClN2O3. The molecule has 2 aliphatic rings. The Bertz CT molecular complexity index is 680. The molecule has 5 nitrogen and oxygen atoms in total. The second-order valence-corrected chi connectivity index (χ2v) is 8.37. The fraction of sp³-hybridized carbons (Fsp3) is 0.636. The average molecular weight is 407 g/mol. The molecule has 1 N–H and O–H groups in total. The molecule has 0 spiro atoms. The Balaban J connectivity index is 1.39. The highest BCUT2D eigenvalue weighted by Gasteiger charge is 2.27. The molecule has 2 amide bonds. The maximum atomic E-state index is 12.5. The summed E-state index contributed by atoms with van der Waals surface area (Å²) in [6, 6.07) is 5.85. The van der Waals surface area contributed by atoms with Crippen molar-refractivity contribution in [2.24, 2.45) is 5.92 Å². The first-order chi connectivity index (χ1) is 13.6. The summed E-state index contributed by atoms with van der Waals surface area (Å²) >= 11 is 6.15. The van der Waals surface area contributed by atoms with E-state index in [4.69, 9.17) is 16.3 Å². The SMILES string of the molecule is COc1ccc(CCC(=O)N2CCC(NC(=O)C3CCCCC3)CC2)cc1Cl. The first-order valence-electron chi connectivity index (χ1n) is 10.5. The van der Waals surface area contributed by atoms with Crippen LogP contribution in [0.1, 0.15) is 56.9 Å². The number of halogens is 1. The highest BCUT2D eigenvalue weighted by molar-refractivity contribution is 6.32. The fourth-order valence-corrected chi connectivity index (χ4v) is 4.51. The molecule has 0 unspecified atom stereocenters. The van der Waals surface area contributed by atoms with Crippen molar-refractivity contribution < 1.29 is 14.3 Å². The molecule has 0 atom stereocenters. The zero-order valence-electron chi connectivity index (χ0n) is 16.7. The van der Waals surface area contributed by atoms with E-state index >= 15 is 0 Å². The molecule has 1 aromatic rings. The molecule has 0 aromatic heterocycles. The van der Waals surface area contributed by atoms with Gasteiger partial charge in [0.25, 0.3) is 0 Å². The van der Waals surface area contributed by atoms with Crippen LogP contribution >= 0.6 is 11.6 Å². The first kappa shape index (κ1) is 21.0. The molecular weight excluding hydrogens is 376 g/mol. The second kappa shape index (κ2) is 10.1. The van der Waals surface area contributed by atoms with Gasteiger partial charge in [0.15, 0.2) is 0 Å². The minimum atomic E-state index is 0.170. The van der Waals surface area contributed by atoms with Gasteiger partial charge in [-0.2, -0.15) is 0 Å². The first-order valence-corrected chi connectivity index (χ1v) is 10.8. The van der Waals surface area contributed by atoms with Crippen LogP contribution in [0.3, 0.4) is 0 Å². The van der Waals surface area contributed by atoms with Gasteiger partial charge in [-0.1, -0.05) is 36.9 Å². The zero-order chi connectivity index (χ0) is 19.9. The number of rotatable bonds is 6. The van der Waals surface area contributed by atoms with E-state index in [0.29, 0.717) is 23.6 Å². The molecule has 6 heteroatoms. The van der Waals surface area contributed by atoms with Crippen LogP contribution in [0.25, 0.3) is 0 Å². The lowest BCUT2D eigenvalue weighted by atomic mass is 9.88. The van der Waals surface area contributed by atoms with Crippen molar-refractivity contribution in [2.45, 2.75) is 63.8 Å². The van der Waals surface area contributed by atoms with E-state index in [1.165, 1.54) is 19.3 Å². The van der Waals surface area contributed by atoms with Crippen LogP contribution in [0, 0.1) is 5.92 Å². The highest BCUT2D eigenvalue weighted by Crippen LogP contribution is 2.26. The van der Waals surface area contributed by atoms with Gasteiger partial charge in [0.1, 0.15) is 5.75 Å². The molecule has 28 heavy (non-hydrogen) atoms. The van der Waals surface area contributed by atoms with E-state index in [0.717, 1.165) is 44.3 Å². The summed E-state index contributed by atoms with van der Waals surface area (Å²) in [5.74, 6) is 1.24. The largest absolute Gasteiger partial charge is 0.495 e. The van der Waals surface area contributed by atoms with Gasteiger partial charge in [-0.15, -0.1) is 0 Å². The number of hydrogen-bond donors (Lipinski definition) is 1. The third-order valence-electron chi connectivity index (χ3n) is 6.01. The van der Waals surface area contributed by atoms with Crippen molar-refractivity contribution >= 4 is 23.4 Å². The Morgan fingerprint density at radius 1 is 1.14 bits per heavy atom. The van der Waals surface area contributed by atoms with Crippen LogP contribution in [-0.2, 0) is 16.0 Å². The highest BCUT2D eigenvalue weighted by atomic mass is 35.5. The van der Waals surface area contributed by atoms with Gasteiger partial charge in [-0.05, 0) is 49.8 Å². The minimum absolute atomic E-state index is 0.170. The third kappa shape index (κ3) is 5.63. The lowest BCUT2D eigenvalue weighted by molar-refractivity contribution is -0.132. The van der Waals surface area contributed by atoms with Crippen molar-refractivity contribution in [1.29, 1.82) is 0 Å². The van der Waals surface area contributed by atoms with Gasteiger partial charge in [0, 0.05) is 31.5 Å². The molecule has 154 valence electrons. The van der Waals surface area contributed by atoms with Gasteiger partial charge in [-0.3, -0.25) is 9.59 Å². The third-order valence-corrected chi connectivity index (χ3v) is 6.31. The maximum absolute atomic E-state index is 12.5. The summed E-state index contributed by atoms with van der Waals surface area (Å²) in [7, 11) is 1.59. The summed E-state index contributed by atoms with van der Waals surface area (Å²) in [5.41, 5.74) is 1.04. The van der Waals surface area contributed by atoms with E-state index in [2.05, 4.69) is 5.32 Å². The molecule has 2 fully saturated rings. The number of carbonyl (C=O) groups excluding carboxylic acids is 2. The van der Waals surface area contributed by atoms with Crippen molar-refractivity contribution in [3.63, 3.8) is 0 Å². The molecule has 1 saturated heterocycles. The van der Waals surface area contributed by atoms with E-state index in [1.807, 2.05) is 23.1 Å². The van der Waals surface area contributed by atoms with E-state index in [1.54, 1.807) is 7.11 Å². The number of ether oxygens (including phenoxy) is 1. The quantitative estimate of drug-likeness (QED) is 0.777. The predicted octanol–water partition coefficient (Wildman–Crippen LogP) is 3.97. The van der Waals surface area contributed by atoms with E-state index < -0.39 is 0 Å². The molecule has 0 bridgehead atoms. The lowest BCUT2D eigenvalue weighted by Crippen LogP contribution is -2.48. The molecule has 1 aliphatic heterocycles. The van der Waals surface area contributed by atoms with Crippen molar-refractivity contribution in [3.05, 3.63) is 28.8 Å². The van der Waals surface area contributed by atoms with Crippen LogP contribution in [0.2, 0.25) is 5.02 Å². The summed E-state index contributed by atoms with van der Waals surface area (Å²) in [4.78, 5) is 26.9. The number of benzene rings is 1. The van der Waals surface area contributed by atoms with Crippen LogP contribution in [0.15, 0.2) is 18.2 Å². The average Bonchev–Trinajstić information content (AvgIpc) is 2.73. The van der Waals surface area contributed by atoms with Gasteiger partial charge in [0.2, 0.25) is 11.8 Å². The van der Waals surface area contributed by atoms with Crippen molar-refractivity contribution in [3.8, 4) is 5.75 Å². The van der Waals surface area contributed by atoms with Crippen LogP contribution in [-0.4, -0.2) is 43.0 Å². The maximum Gasteiger partial charge on any atom is 0.223 e. The number of methoxy groups -OCH3 is 1. The van der Waals surface area contributed by atoms with Crippen molar-refractivity contribution in [2.75, 3.05) is 20.2 Å². The topological polar surface area (TPSA) is 58.6 Å². The molecule has 1 heterocycles. The Morgan fingerprint density at radius 2 is 1.86 bits per heavy atom. The van der Waals surface area contributed by atoms with Gasteiger partial charge in [-0.25, -0.2) is 0 Å². The number of nitrogens with zero attached hydrogens (tertiary/aromatic N) is 1. The van der Waals surface area contributed by atoms with Crippen LogP contribution in [0.5, 0.6) is 5.75 Å². The predicted molar refractivity (Wildman–Crippen MR) is 111 cm³/mol. The summed E-state index contributed by atoms with van der Waals surface area (Å²) in [6.45, 7) is 1.44. The number of piperidine rings is 1. The van der Waals surface area contributed by atoms with Crippen LogP contribution in [0.4, 0.5) is 0 Å². The monoisotopic (exact) mass is 406 g/mol. The standard InChI is InChI=1S/C22H31ClN2O3/c1-28-20-9-7-16(15-19(20)23)8-10-21(26)25-13-11-18(12-14-25)24-22(27)17-5-3-2-4-6-17/h7,9,15,17-18H,2-6,8,10-14H2,1H3,(H,24,27). The number of nitrogens with one attached hydrogen (secondary N) is 1. The molecule has 3 rings (SSSR count). The number of aryl methyl sites for hydroxylation is 1. The summed E-state index contributed by atoms with van der Waals surface area (Å²) < 4.78 is 5.16. The van der Waals surface area contributed by atoms with E-state index in [-0.39, 0.29) is 23.8 Å². The van der Waals surface area contributed by atoms with Gasteiger partial charge in [0.05, 0.1) is 12.1 Å². The van der Waals surface area contributed by atoms with E-state index in [9.17, 15) is 9.59 Å². The van der Waals surface area contributed by atoms with Gasteiger partial charge < -0.3 is 15.0 Å². The van der Waals surface area contributed by atoms with Crippen LogP contribution < -0.4 is 10.1 Å². The summed E-state index contributed by atoms with van der Waals surface area (Å²) in [6.07, 6.45) is 8.48.